The predicted octanol–water partition coefficient (Wildman–Crippen LogP) is 3.62. The number of nitrogens with zero attached hydrogens (tertiary/aromatic N) is 2. The van der Waals surface area contributed by atoms with Gasteiger partial charge in [0.15, 0.2) is 0 Å². The highest BCUT2D eigenvalue weighted by molar-refractivity contribution is 7.89. The first-order valence-electron chi connectivity index (χ1n) is 7.04. The first kappa shape index (κ1) is 17.5. The molecule has 0 aliphatic carbocycles. The molecule has 0 atom stereocenters. The number of rotatable bonds is 7. The van der Waals surface area contributed by atoms with Crippen molar-refractivity contribution in [2.75, 3.05) is 6.54 Å². The largest absolute Gasteiger partial charge is 0.346 e. The highest BCUT2D eigenvalue weighted by Crippen LogP contribution is 2.24. The van der Waals surface area contributed by atoms with Gasteiger partial charge in [0.25, 0.3) is 0 Å². The van der Waals surface area contributed by atoms with Crippen molar-refractivity contribution >= 4 is 21.6 Å². The van der Waals surface area contributed by atoms with Crippen LogP contribution in [0.1, 0.15) is 52.8 Å². The summed E-state index contributed by atoms with van der Waals surface area (Å²) in [6.07, 6.45) is 2.49. The number of halogens is 1. The second-order valence-electron chi connectivity index (χ2n) is 5.51. The molecule has 1 aromatic heterocycles. The van der Waals surface area contributed by atoms with Crippen LogP contribution < -0.4 is 0 Å². The first-order chi connectivity index (χ1) is 9.25. The summed E-state index contributed by atoms with van der Waals surface area (Å²) in [6, 6.07) is 1.82. The van der Waals surface area contributed by atoms with Crippen molar-refractivity contribution in [3.8, 4) is 0 Å². The summed E-state index contributed by atoms with van der Waals surface area (Å²) < 4.78 is 28.9. The number of hydrogen-bond acceptors (Lipinski definition) is 2. The van der Waals surface area contributed by atoms with E-state index in [0.717, 1.165) is 12.1 Å². The molecule has 0 fully saturated rings. The monoisotopic (exact) mass is 320 g/mol. The summed E-state index contributed by atoms with van der Waals surface area (Å²) >= 11 is 5.91. The van der Waals surface area contributed by atoms with Gasteiger partial charge in [-0.3, -0.25) is 0 Å². The maximum absolute atomic E-state index is 12.7. The Morgan fingerprint density at radius 3 is 2.25 bits per heavy atom. The molecule has 0 saturated heterocycles. The quantitative estimate of drug-likeness (QED) is 0.720. The van der Waals surface area contributed by atoms with Crippen LogP contribution in [0, 0.1) is 0 Å². The standard InChI is InChI=1S/C14H25ClN2O2S/c1-6-7-17(12(4)5)20(18,19)14-8-13(9-15)16(10-14)11(2)3/h8,10-12H,6-7,9H2,1-5H3. The van der Waals surface area contributed by atoms with Gasteiger partial charge in [0, 0.05) is 30.5 Å². The maximum Gasteiger partial charge on any atom is 0.244 e. The third-order valence-electron chi connectivity index (χ3n) is 3.23. The van der Waals surface area contributed by atoms with E-state index in [-0.39, 0.29) is 12.1 Å². The van der Waals surface area contributed by atoms with Crippen molar-refractivity contribution in [2.45, 2.75) is 63.9 Å². The van der Waals surface area contributed by atoms with E-state index in [0.29, 0.717) is 17.3 Å². The lowest BCUT2D eigenvalue weighted by atomic mass is 10.4. The third kappa shape index (κ3) is 3.57. The Labute approximate surface area is 127 Å². The van der Waals surface area contributed by atoms with Crippen molar-refractivity contribution < 1.29 is 8.42 Å². The average molecular weight is 321 g/mol. The van der Waals surface area contributed by atoms with Crippen LogP contribution in [-0.2, 0) is 15.9 Å². The first-order valence-corrected chi connectivity index (χ1v) is 9.01. The van der Waals surface area contributed by atoms with Gasteiger partial charge in [0.2, 0.25) is 10.0 Å². The summed E-state index contributed by atoms with van der Waals surface area (Å²) in [6.45, 7) is 10.3. The lowest BCUT2D eigenvalue weighted by Crippen LogP contribution is -2.37. The molecule has 1 heterocycles. The van der Waals surface area contributed by atoms with Crippen molar-refractivity contribution in [1.29, 1.82) is 0 Å². The van der Waals surface area contributed by atoms with Crippen LogP contribution in [0.3, 0.4) is 0 Å². The predicted molar refractivity (Wildman–Crippen MR) is 83.7 cm³/mol. The second-order valence-corrected chi connectivity index (χ2v) is 7.67. The highest BCUT2D eigenvalue weighted by Gasteiger charge is 2.28. The minimum Gasteiger partial charge on any atom is -0.346 e. The molecule has 0 unspecified atom stereocenters. The molecular formula is C14H25ClN2O2S. The van der Waals surface area contributed by atoms with E-state index < -0.39 is 10.0 Å². The Morgan fingerprint density at radius 2 is 1.90 bits per heavy atom. The Balaban J connectivity index is 3.27. The molecule has 1 aromatic rings. The van der Waals surface area contributed by atoms with E-state index in [1.807, 2.05) is 39.2 Å². The molecule has 1 rings (SSSR count). The molecule has 20 heavy (non-hydrogen) atoms. The van der Waals surface area contributed by atoms with Gasteiger partial charge >= 0.3 is 0 Å². The minimum atomic E-state index is -3.45. The van der Waals surface area contributed by atoms with Gasteiger partial charge in [0.05, 0.1) is 5.88 Å². The smallest absolute Gasteiger partial charge is 0.244 e. The van der Waals surface area contributed by atoms with E-state index in [1.165, 1.54) is 0 Å². The van der Waals surface area contributed by atoms with Crippen LogP contribution in [0.2, 0.25) is 0 Å². The van der Waals surface area contributed by atoms with Crippen molar-refractivity contribution in [3.05, 3.63) is 18.0 Å². The molecule has 0 radical (unpaired) electrons. The van der Waals surface area contributed by atoms with E-state index in [2.05, 4.69) is 0 Å². The van der Waals surface area contributed by atoms with E-state index in [4.69, 9.17) is 11.6 Å². The molecule has 0 N–H and O–H groups in total. The molecule has 116 valence electrons. The number of sulfonamides is 1. The maximum atomic E-state index is 12.7. The lowest BCUT2D eigenvalue weighted by molar-refractivity contribution is 0.354. The number of aromatic nitrogens is 1. The van der Waals surface area contributed by atoms with Crippen molar-refractivity contribution in [3.63, 3.8) is 0 Å². The summed E-state index contributed by atoms with van der Waals surface area (Å²) in [5, 5.41) is 0. The zero-order chi connectivity index (χ0) is 15.5. The average Bonchev–Trinajstić information content (AvgIpc) is 2.80. The lowest BCUT2D eigenvalue weighted by Gasteiger charge is -2.24. The fourth-order valence-electron chi connectivity index (χ4n) is 2.24. The normalized spacial score (nSPS) is 12.8. The van der Waals surface area contributed by atoms with Crippen LogP contribution in [0.15, 0.2) is 17.2 Å². The van der Waals surface area contributed by atoms with Crippen LogP contribution in [0.25, 0.3) is 0 Å². The highest BCUT2D eigenvalue weighted by atomic mass is 35.5. The van der Waals surface area contributed by atoms with Crippen LogP contribution in [0.5, 0.6) is 0 Å². The Bertz CT molecular complexity index is 535. The summed E-state index contributed by atoms with van der Waals surface area (Å²) in [7, 11) is -3.45. The van der Waals surface area contributed by atoms with Gasteiger partial charge in [-0.25, -0.2) is 8.42 Å². The van der Waals surface area contributed by atoms with Crippen molar-refractivity contribution in [1.82, 2.24) is 8.87 Å². The Kier molecular flexibility index (Phi) is 6.10. The molecule has 0 bridgehead atoms. The molecule has 4 nitrogen and oxygen atoms in total. The van der Waals surface area contributed by atoms with Crippen LogP contribution >= 0.6 is 11.6 Å². The zero-order valence-electron chi connectivity index (χ0n) is 12.9. The summed E-state index contributed by atoms with van der Waals surface area (Å²) in [5.74, 6) is 0.309. The molecule has 0 amide bonds. The third-order valence-corrected chi connectivity index (χ3v) is 5.54. The molecule has 0 aliphatic heterocycles. The van der Waals surface area contributed by atoms with Gasteiger partial charge in [-0.15, -0.1) is 11.6 Å². The fourth-order valence-corrected chi connectivity index (χ4v) is 4.23. The summed E-state index contributed by atoms with van der Waals surface area (Å²) in [5.41, 5.74) is 0.834. The van der Waals surface area contributed by atoms with Gasteiger partial charge in [0.1, 0.15) is 4.90 Å². The van der Waals surface area contributed by atoms with Crippen molar-refractivity contribution in [2.24, 2.45) is 0 Å². The van der Waals surface area contributed by atoms with Crippen LogP contribution in [0.4, 0.5) is 0 Å². The SMILES string of the molecule is CCCN(C(C)C)S(=O)(=O)c1cc(CCl)n(C(C)C)c1. The van der Waals surface area contributed by atoms with E-state index in [9.17, 15) is 8.42 Å². The zero-order valence-corrected chi connectivity index (χ0v) is 14.5. The topological polar surface area (TPSA) is 42.3 Å². The second kappa shape index (κ2) is 6.96. The molecular weight excluding hydrogens is 296 g/mol. The molecule has 6 heteroatoms. The fraction of sp³-hybridized carbons (Fsp3) is 0.714. The van der Waals surface area contributed by atoms with Gasteiger partial charge in [-0.2, -0.15) is 4.31 Å². The molecule has 0 aromatic carbocycles. The number of hydrogen-bond donors (Lipinski definition) is 0. The van der Waals surface area contributed by atoms with Gasteiger partial charge in [-0.1, -0.05) is 6.92 Å². The number of alkyl halides is 1. The molecule has 0 saturated carbocycles. The van der Waals surface area contributed by atoms with Gasteiger partial charge < -0.3 is 4.57 Å². The van der Waals surface area contributed by atoms with E-state index >= 15 is 0 Å². The molecule has 0 aliphatic rings. The Morgan fingerprint density at radius 1 is 1.30 bits per heavy atom. The van der Waals surface area contributed by atoms with E-state index in [1.54, 1.807) is 16.6 Å². The van der Waals surface area contributed by atoms with Crippen LogP contribution in [-0.4, -0.2) is 29.9 Å². The Hall–Kier alpha value is -0.520. The summed E-state index contributed by atoms with van der Waals surface area (Å²) in [4.78, 5) is 0.337. The molecule has 0 spiro atoms. The van der Waals surface area contributed by atoms with Gasteiger partial charge in [-0.05, 0) is 40.2 Å². The minimum absolute atomic E-state index is 0.0539.